The Morgan fingerprint density at radius 2 is 1.07 bits per heavy atom. The Kier molecular flexibility index (Phi) is 32.9. The summed E-state index contributed by atoms with van der Waals surface area (Å²) in [6, 6.07) is 0. The Bertz CT molecular complexity index is 658. The Morgan fingerprint density at radius 3 is 1.50 bits per heavy atom. The standard InChI is InChI=1S/C38H75N2O3.ClH/c1-3-5-7-9-11-13-15-17-19-21-23-25-27-29-37-39(33-35-41)31-32-40(37)34-36-43-38(42)30-28-26-24-22-20-18-16-14-12-10-8-6-4-2;/h41H,3-36H2,1-2H3;1H/q+1;/p-1. The van der Waals surface area contributed by atoms with Crippen molar-refractivity contribution in [2.75, 3.05) is 39.4 Å². The Balaban J connectivity index is 0.0000185. The van der Waals surface area contributed by atoms with Crippen molar-refractivity contribution in [2.24, 2.45) is 0 Å². The second kappa shape index (κ2) is 33.6. The number of amidine groups is 1. The molecule has 262 valence electrons. The number of nitrogens with zero attached hydrogens (tertiary/aromatic N) is 2. The molecule has 0 unspecified atom stereocenters. The van der Waals surface area contributed by atoms with Crippen molar-refractivity contribution in [1.82, 2.24) is 4.90 Å². The van der Waals surface area contributed by atoms with Crippen LogP contribution < -0.4 is 12.4 Å². The van der Waals surface area contributed by atoms with Crippen LogP contribution in [-0.4, -0.2) is 65.8 Å². The van der Waals surface area contributed by atoms with E-state index >= 15 is 0 Å². The van der Waals surface area contributed by atoms with Crippen molar-refractivity contribution in [3.63, 3.8) is 0 Å². The van der Waals surface area contributed by atoms with Crippen LogP contribution >= 0.6 is 0 Å². The number of carbonyl (C=O) groups excluding carboxylic acids is 1. The minimum absolute atomic E-state index is 0. The van der Waals surface area contributed by atoms with Gasteiger partial charge in [-0.1, -0.05) is 168 Å². The molecule has 0 radical (unpaired) electrons. The maximum absolute atomic E-state index is 12.3. The molecule has 0 aromatic rings. The number of β-amino-alcohol motifs (C(OH)–C–C–N with tert-alkyl or cyclic N) is 1. The lowest BCUT2D eigenvalue weighted by atomic mass is 10.0. The molecule has 0 saturated carbocycles. The number of hydrogen-bond donors (Lipinski definition) is 1. The van der Waals surface area contributed by atoms with Crippen LogP contribution in [0.1, 0.15) is 194 Å². The van der Waals surface area contributed by atoms with Crippen molar-refractivity contribution in [2.45, 2.75) is 194 Å². The molecule has 0 aromatic heterocycles. The quantitative estimate of drug-likeness (QED) is 0.0467. The third kappa shape index (κ3) is 25.4. The van der Waals surface area contributed by atoms with Crippen LogP contribution in [0.5, 0.6) is 0 Å². The first-order chi connectivity index (χ1) is 21.2. The van der Waals surface area contributed by atoms with Gasteiger partial charge in [-0.05, 0) is 12.8 Å². The highest BCUT2D eigenvalue weighted by molar-refractivity contribution is 5.78. The molecular weight excluding hydrogens is 568 g/mol. The van der Waals surface area contributed by atoms with Crippen LogP contribution in [0.2, 0.25) is 0 Å². The summed E-state index contributed by atoms with van der Waals surface area (Å²) in [4.78, 5) is 14.7. The molecule has 1 rings (SSSR count). The van der Waals surface area contributed by atoms with Gasteiger partial charge < -0.3 is 22.3 Å². The van der Waals surface area contributed by atoms with E-state index in [0.29, 0.717) is 19.6 Å². The van der Waals surface area contributed by atoms with Gasteiger partial charge >= 0.3 is 5.97 Å². The molecule has 0 aromatic carbocycles. The molecule has 0 aliphatic carbocycles. The van der Waals surface area contributed by atoms with Gasteiger partial charge in [-0.15, -0.1) is 0 Å². The Labute approximate surface area is 280 Å². The van der Waals surface area contributed by atoms with Crippen molar-refractivity contribution >= 4 is 11.8 Å². The van der Waals surface area contributed by atoms with E-state index in [0.717, 1.165) is 38.9 Å². The zero-order chi connectivity index (χ0) is 31.1. The van der Waals surface area contributed by atoms with E-state index < -0.39 is 0 Å². The highest BCUT2D eigenvalue weighted by atomic mass is 35.5. The molecule has 0 atom stereocenters. The Morgan fingerprint density at radius 1 is 0.659 bits per heavy atom. The summed E-state index contributed by atoms with van der Waals surface area (Å²) in [6.45, 7) is 8.68. The lowest BCUT2D eigenvalue weighted by molar-refractivity contribution is -0.521. The average molecular weight is 643 g/mol. The molecule has 1 aliphatic heterocycles. The van der Waals surface area contributed by atoms with Crippen molar-refractivity contribution in [3.8, 4) is 0 Å². The van der Waals surface area contributed by atoms with E-state index in [1.165, 1.54) is 160 Å². The molecule has 6 heteroatoms. The SMILES string of the molecule is CCCCCCCCCCCCCCCC(=O)OCCN1CC[N+](CCO)=C1CCCCCCCCCCCCCCC.[Cl-]. The molecule has 44 heavy (non-hydrogen) atoms. The summed E-state index contributed by atoms with van der Waals surface area (Å²) >= 11 is 0. The zero-order valence-electron chi connectivity index (χ0n) is 29.6. The van der Waals surface area contributed by atoms with Crippen LogP contribution in [0.25, 0.3) is 0 Å². The fraction of sp³-hybridized carbons (Fsp3) is 0.947. The van der Waals surface area contributed by atoms with Gasteiger partial charge in [0, 0.05) is 12.8 Å². The predicted octanol–water partition coefficient (Wildman–Crippen LogP) is 7.22. The number of ether oxygens (including phenoxy) is 1. The van der Waals surface area contributed by atoms with E-state index in [9.17, 15) is 9.90 Å². The zero-order valence-corrected chi connectivity index (χ0v) is 30.3. The third-order valence-corrected chi connectivity index (χ3v) is 9.35. The van der Waals surface area contributed by atoms with Gasteiger partial charge in [-0.3, -0.25) is 14.3 Å². The van der Waals surface area contributed by atoms with Crippen LogP contribution in [0.15, 0.2) is 0 Å². The van der Waals surface area contributed by atoms with Crippen molar-refractivity contribution < 1.29 is 31.6 Å². The molecule has 1 aliphatic rings. The number of hydrogen-bond acceptors (Lipinski definition) is 4. The first-order valence-electron chi connectivity index (χ1n) is 19.3. The van der Waals surface area contributed by atoms with E-state index in [4.69, 9.17) is 4.74 Å². The minimum Gasteiger partial charge on any atom is -1.00 e. The fourth-order valence-corrected chi connectivity index (χ4v) is 6.55. The van der Waals surface area contributed by atoms with Crippen LogP contribution in [0.4, 0.5) is 0 Å². The first kappa shape index (κ1) is 43.2. The summed E-state index contributed by atoms with van der Waals surface area (Å²) in [5.74, 6) is 1.32. The number of carbonyl (C=O) groups is 1. The summed E-state index contributed by atoms with van der Waals surface area (Å²) < 4.78 is 7.96. The molecular formula is C38H75ClN2O3. The molecule has 1 heterocycles. The smallest absolute Gasteiger partial charge is 0.305 e. The van der Waals surface area contributed by atoms with Gasteiger partial charge in [0.05, 0.1) is 6.61 Å². The summed E-state index contributed by atoms with van der Waals surface area (Å²) in [5.41, 5.74) is 0. The summed E-state index contributed by atoms with van der Waals surface area (Å²) in [6.07, 6.45) is 36.7. The van der Waals surface area contributed by atoms with Crippen LogP contribution in [-0.2, 0) is 9.53 Å². The average Bonchev–Trinajstić information content (AvgIpc) is 3.38. The maximum Gasteiger partial charge on any atom is 0.305 e. The molecule has 0 amide bonds. The third-order valence-electron chi connectivity index (χ3n) is 9.35. The van der Waals surface area contributed by atoms with E-state index in [2.05, 4.69) is 23.3 Å². The van der Waals surface area contributed by atoms with Crippen LogP contribution in [0, 0.1) is 0 Å². The number of rotatable bonds is 33. The van der Waals surface area contributed by atoms with Gasteiger partial charge in [-0.2, -0.15) is 0 Å². The van der Waals surface area contributed by atoms with Crippen LogP contribution in [0.3, 0.4) is 0 Å². The Hall–Kier alpha value is -0.810. The van der Waals surface area contributed by atoms with Gasteiger partial charge in [0.15, 0.2) is 0 Å². The number of halogens is 1. The molecule has 0 bridgehead atoms. The van der Waals surface area contributed by atoms with E-state index in [1.54, 1.807) is 0 Å². The fourth-order valence-electron chi connectivity index (χ4n) is 6.55. The van der Waals surface area contributed by atoms with Gasteiger partial charge in [0.25, 0.3) is 0 Å². The van der Waals surface area contributed by atoms with E-state index in [-0.39, 0.29) is 25.0 Å². The van der Waals surface area contributed by atoms with Gasteiger partial charge in [-0.25, -0.2) is 0 Å². The van der Waals surface area contributed by atoms with Gasteiger partial charge in [0.1, 0.15) is 32.8 Å². The molecule has 0 spiro atoms. The summed E-state index contributed by atoms with van der Waals surface area (Å²) in [7, 11) is 0. The van der Waals surface area contributed by atoms with Gasteiger partial charge in [0.2, 0.25) is 5.84 Å². The number of unbranched alkanes of at least 4 members (excludes halogenated alkanes) is 24. The number of aliphatic hydroxyl groups excluding tert-OH is 1. The van der Waals surface area contributed by atoms with E-state index in [1.807, 2.05) is 0 Å². The maximum atomic E-state index is 12.3. The summed E-state index contributed by atoms with van der Waals surface area (Å²) in [5, 5.41) is 9.54. The van der Waals surface area contributed by atoms with Crippen molar-refractivity contribution in [3.05, 3.63) is 0 Å². The second-order valence-corrected chi connectivity index (χ2v) is 13.3. The normalized spacial score (nSPS) is 13.1. The van der Waals surface area contributed by atoms with Crippen molar-refractivity contribution in [1.29, 1.82) is 0 Å². The largest absolute Gasteiger partial charge is 1.00 e. The monoisotopic (exact) mass is 643 g/mol. The molecule has 1 N–H and O–H groups in total. The number of esters is 1. The lowest BCUT2D eigenvalue weighted by Crippen LogP contribution is -3.00. The predicted molar refractivity (Wildman–Crippen MR) is 185 cm³/mol. The molecule has 0 saturated heterocycles. The number of aliphatic hydroxyl groups is 1. The topological polar surface area (TPSA) is 52.8 Å². The lowest BCUT2D eigenvalue weighted by Gasteiger charge is -2.14. The second-order valence-electron chi connectivity index (χ2n) is 13.3. The molecule has 0 fully saturated rings. The minimum atomic E-state index is -0.0347. The molecule has 5 nitrogen and oxygen atoms in total. The first-order valence-corrected chi connectivity index (χ1v) is 19.3. The highest BCUT2D eigenvalue weighted by Gasteiger charge is 2.29. The highest BCUT2D eigenvalue weighted by Crippen LogP contribution is 2.16.